The molecule has 3 heterocycles. The lowest BCUT2D eigenvalue weighted by atomic mass is 9.95. The Morgan fingerprint density at radius 3 is 2.51 bits per heavy atom. The van der Waals surface area contributed by atoms with E-state index in [9.17, 15) is 8.42 Å². The quantitative estimate of drug-likeness (QED) is 0.197. The predicted molar refractivity (Wildman–Crippen MR) is 170 cm³/mol. The molecule has 2 aromatic carbocycles. The largest absolute Gasteiger partial charge is 0.292 e. The molecule has 1 fully saturated rings. The normalized spacial score (nSPS) is 20.8. The summed E-state index contributed by atoms with van der Waals surface area (Å²) in [7, 11) is -3.79. The Morgan fingerprint density at radius 2 is 1.74 bits per heavy atom. The molecule has 2 aliphatic carbocycles. The van der Waals surface area contributed by atoms with Crippen LogP contribution < -0.4 is 0 Å². The molecule has 0 bridgehead atoms. The van der Waals surface area contributed by atoms with Crippen LogP contribution in [-0.4, -0.2) is 44.2 Å². The third-order valence-electron chi connectivity index (χ3n) is 9.18. The molecule has 5 aromatic rings. The number of rotatable bonds is 8. The molecule has 3 aromatic heterocycles. The molecule has 0 spiro atoms. The van der Waals surface area contributed by atoms with Gasteiger partial charge < -0.3 is 0 Å². The van der Waals surface area contributed by atoms with E-state index in [-0.39, 0.29) is 10.8 Å². The van der Waals surface area contributed by atoms with Gasteiger partial charge in [-0.15, -0.1) is 0 Å². The number of fused-ring (bicyclic) bond motifs is 3. The van der Waals surface area contributed by atoms with Gasteiger partial charge >= 0.3 is 0 Å². The minimum Gasteiger partial charge on any atom is -0.292 e. The molecule has 0 amide bonds. The lowest BCUT2D eigenvalue weighted by Crippen LogP contribution is -2.34. The van der Waals surface area contributed by atoms with Gasteiger partial charge in [0.2, 0.25) is 0 Å². The zero-order valence-electron chi connectivity index (χ0n) is 24.7. The van der Waals surface area contributed by atoms with Crippen molar-refractivity contribution in [1.82, 2.24) is 23.2 Å². The van der Waals surface area contributed by atoms with Crippen molar-refractivity contribution < 1.29 is 8.42 Å². The lowest BCUT2D eigenvalue weighted by molar-refractivity contribution is 0.203. The monoisotopic (exact) mass is 591 g/mol. The lowest BCUT2D eigenvalue weighted by Gasteiger charge is -2.30. The molecule has 7 rings (SSSR count). The fraction of sp³-hybridized carbons (Fsp3) is 0.314. The molecule has 8 heteroatoms. The molecule has 0 saturated heterocycles. The predicted octanol–water partition coefficient (Wildman–Crippen LogP) is 6.89. The molecular formula is C35H37N5O2S. The van der Waals surface area contributed by atoms with Gasteiger partial charge in [0.15, 0.2) is 11.3 Å². The fourth-order valence-corrected chi connectivity index (χ4v) is 8.20. The number of benzene rings is 2. The van der Waals surface area contributed by atoms with E-state index in [0.717, 1.165) is 61.2 Å². The molecule has 2 aliphatic rings. The molecule has 220 valence electrons. The summed E-state index contributed by atoms with van der Waals surface area (Å²) in [4.78, 5) is 12.2. The second kappa shape index (κ2) is 11.2. The molecule has 1 saturated carbocycles. The summed E-state index contributed by atoms with van der Waals surface area (Å²) < 4.78 is 30.6. The number of hydrogen-bond acceptors (Lipinski definition) is 5. The number of allylic oxidation sites excluding steroid dienone is 2. The van der Waals surface area contributed by atoms with E-state index in [4.69, 9.17) is 4.98 Å². The molecule has 3 atom stereocenters. The highest BCUT2D eigenvalue weighted by Crippen LogP contribution is 2.43. The van der Waals surface area contributed by atoms with Crippen molar-refractivity contribution in [3.8, 4) is 0 Å². The standard InChI is InChI=1S/C35H37N5O2S/c1-25-13-15-30(16-14-25)43(41,42)39-18-17-32-35(39)37-22-34-36-21-33(40(32)34)31-20-29(19-26(31)2)38(23-27-9-5-3-6-10-27)24-28-11-7-4-8-12-28/h3,5-7,9-18,21-22,26,29,31H,4,8,19-20,23-24H2,1-2H3. The van der Waals surface area contributed by atoms with Gasteiger partial charge in [-0.05, 0) is 67.9 Å². The van der Waals surface area contributed by atoms with Crippen molar-refractivity contribution in [3.05, 3.63) is 120 Å². The first-order chi connectivity index (χ1) is 20.9. The zero-order chi connectivity index (χ0) is 29.6. The molecule has 0 aliphatic heterocycles. The zero-order valence-corrected chi connectivity index (χ0v) is 25.5. The van der Waals surface area contributed by atoms with Gasteiger partial charge in [0, 0.05) is 43.1 Å². The summed E-state index contributed by atoms with van der Waals surface area (Å²) in [5.41, 5.74) is 6.78. The van der Waals surface area contributed by atoms with Crippen molar-refractivity contribution in [2.75, 3.05) is 6.54 Å². The number of imidazole rings is 1. The van der Waals surface area contributed by atoms with E-state index in [0.29, 0.717) is 17.6 Å². The second-order valence-electron chi connectivity index (χ2n) is 12.1. The number of aromatic nitrogens is 4. The van der Waals surface area contributed by atoms with Gasteiger partial charge in [-0.2, -0.15) is 0 Å². The van der Waals surface area contributed by atoms with Crippen molar-refractivity contribution in [2.45, 2.75) is 62.9 Å². The van der Waals surface area contributed by atoms with Gasteiger partial charge in [-0.1, -0.05) is 73.2 Å². The minimum absolute atomic E-state index is 0.247. The van der Waals surface area contributed by atoms with Crippen LogP contribution in [0.25, 0.3) is 16.8 Å². The van der Waals surface area contributed by atoms with Crippen molar-refractivity contribution in [1.29, 1.82) is 0 Å². The first-order valence-electron chi connectivity index (χ1n) is 15.2. The van der Waals surface area contributed by atoms with E-state index in [2.05, 4.69) is 69.8 Å². The molecule has 43 heavy (non-hydrogen) atoms. The Morgan fingerprint density at radius 1 is 0.930 bits per heavy atom. The molecule has 0 N–H and O–H groups in total. The molecular weight excluding hydrogens is 554 g/mol. The maximum absolute atomic E-state index is 13.6. The maximum Gasteiger partial charge on any atom is 0.269 e. The molecule has 3 unspecified atom stereocenters. The Labute approximate surface area is 253 Å². The van der Waals surface area contributed by atoms with Crippen LogP contribution in [0.2, 0.25) is 0 Å². The van der Waals surface area contributed by atoms with Crippen LogP contribution in [-0.2, 0) is 16.6 Å². The SMILES string of the molecule is Cc1ccc(S(=O)(=O)n2ccc3c2ncc2ncc(C4CC(N(CC5=CCCC=C5)Cc5ccccc5)CC4C)n23)cc1. The van der Waals surface area contributed by atoms with Crippen molar-refractivity contribution >= 4 is 26.8 Å². The second-order valence-corrected chi connectivity index (χ2v) is 13.9. The smallest absolute Gasteiger partial charge is 0.269 e. The molecule has 7 nitrogen and oxygen atoms in total. The summed E-state index contributed by atoms with van der Waals surface area (Å²) in [6.45, 7) is 6.14. The van der Waals surface area contributed by atoms with Gasteiger partial charge in [-0.25, -0.2) is 22.4 Å². The van der Waals surface area contributed by atoms with Crippen LogP contribution >= 0.6 is 0 Å². The summed E-state index contributed by atoms with van der Waals surface area (Å²) in [6, 6.07) is 20.0. The molecule has 0 radical (unpaired) electrons. The number of aryl methyl sites for hydroxylation is 1. The Bertz CT molecular complexity index is 1940. The van der Waals surface area contributed by atoms with Crippen molar-refractivity contribution in [3.63, 3.8) is 0 Å². The van der Waals surface area contributed by atoms with E-state index >= 15 is 0 Å². The van der Waals surface area contributed by atoms with E-state index in [1.54, 1.807) is 24.5 Å². The first kappa shape index (κ1) is 27.8. The summed E-state index contributed by atoms with van der Waals surface area (Å²) >= 11 is 0. The van der Waals surface area contributed by atoms with E-state index < -0.39 is 10.0 Å². The van der Waals surface area contributed by atoms with Crippen LogP contribution in [0.5, 0.6) is 0 Å². The summed E-state index contributed by atoms with van der Waals surface area (Å²) in [5.74, 6) is 0.734. The third-order valence-corrected chi connectivity index (χ3v) is 10.9. The average Bonchev–Trinajstić information content (AvgIpc) is 3.74. The highest BCUT2D eigenvalue weighted by molar-refractivity contribution is 7.90. The van der Waals surface area contributed by atoms with E-state index in [1.807, 2.05) is 31.3 Å². The summed E-state index contributed by atoms with van der Waals surface area (Å²) in [5, 5.41) is 0. The van der Waals surface area contributed by atoms with Gasteiger partial charge in [0.1, 0.15) is 0 Å². The minimum atomic E-state index is -3.79. The number of hydrogen-bond donors (Lipinski definition) is 0. The first-order valence-corrected chi connectivity index (χ1v) is 16.6. The van der Waals surface area contributed by atoms with Gasteiger partial charge in [0.05, 0.1) is 16.6 Å². The maximum atomic E-state index is 13.6. The average molecular weight is 592 g/mol. The van der Waals surface area contributed by atoms with Gasteiger partial charge in [-0.3, -0.25) is 9.30 Å². The Balaban J connectivity index is 1.23. The van der Waals surface area contributed by atoms with Crippen LogP contribution in [0.1, 0.15) is 55.3 Å². The van der Waals surface area contributed by atoms with Crippen LogP contribution in [0.3, 0.4) is 0 Å². The third kappa shape index (κ3) is 5.23. The van der Waals surface area contributed by atoms with Crippen LogP contribution in [0.4, 0.5) is 0 Å². The number of nitrogens with zero attached hydrogens (tertiary/aromatic N) is 5. The highest BCUT2D eigenvalue weighted by atomic mass is 32.2. The van der Waals surface area contributed by atoms with Crippen LogP contribution in [0.15, 0.2) is 108 Å². The van der Waals surface area contributed by atoms with E-state index in [1.165, 1.54) is 15.1 Å². The Hall–Kier alpha value is -4.01. The fourth-order valence-electron chi connectivity index (χ4n) is 6.90. The highest BCUT2D eigenvalue weighted by Gasteiger charge is 2.37. The Kier molecular flexibility index (Phi) is 7.27. The van der Waals surface area contributed by atoms with Gasteiger partial charge in [0.25, 0.3) is 10.0 Å². The van der Waals surface area contributed by atoms with Crippen molar-refractivity contribution in [2.24, 2.45) is 5.92 Å². The van der Waals surface area contributed by atoms with Crippen LogP contribution in [0, 0.1) is 12.8 Å². The summed E-state index contributed by atoms with van der Waals surface area (Å²) in [6.07, 6.45) is 16.6. The topological polar surface area (TPSA) is 72.5 Å².